The fourth-order valence-corrected chi connectivity index (χ4v) is 2.01. The lowest BCUT2D eigenvalue weighted by Crippen LogP contribution is -2.14. The van der Waals surface area contributed by atoms with Crippen molar-refractivity contribution in [1.29, 1.82) is 0 Å². The van der Waals surface area contributed by atoms with Gasteiger partial charge in [-0.05, 0) is 18.2 Å². The Morgan fingerprint density at radius 1 is 1.41 bits per heavy atom. The average molecular weight is 254 g/mol. The lowest BCUT2D eigenvalue weighted by molar-refractivity contribution is 0.461. The van der Waals surface area contributed by atoms with E-state index >= 15 is 0 Å². The molecule has 1 aromatic carbocycles. The number of H-pyrrole nitrogens is 1. The highest BCUT2D eigenvalue weighted by Gasteiger charge is 2.03. The van der Waals surface area contributed by atoms with Crippen molar-refractivity contribution >= 4 is 11.3 Å². The number of halogens is 1. The zero-order valence-electron chi connectivity index (χ0n) is 8.87. The van der Waals surface area contributed by atoms with E-state index in [0.717, 1.165) is 17.0 Å². The Balaban J connectivity index is 1.94. The van der Waals surface area contributed by atoms with Crippen molar-refractivity contribution in [1.82, 2.24) is 10.3 Å². The van der Waals surface area contributed by atoms with E-state index in [4.69, 9.17) is 0 Å². The summed E-state index contributed by atoms with van der Waals surface area (Å²) in [5, 5.41) is 14.2. The summed E-state index contributed by atoms with van der Waals surface area (Å²) in [7, 11) is 0. The quantitative estimate of drug-likeness (QED) is 0.776. The number of thiazole rings is 1. The van der Waals surface area contributed by atoms with Crippen molar-refractivity contribution in [2.24, 2.45) is 0 Å². The van der Waals surface area contributed by atoms with Crippen LogP contribution in [0, 0.1) is 5.82 Å². The van der Waals surface area contributed by atoms with E-state index in [1.807, 2.05) is 0 Å². The molecule has 0 aliphatic rings. The summed E-state index contributed by atoms with van der Waals surface area (Å²) >= 11 is 1.10. The molecule has 0 atom stereocenters. The second-order valence-corrected chi connectivity index (χ2v) is 4.39. The van der Waals surface area contributed by atoms with Crippen LogP contribution >= 0.6 is 11.3 Å². The molecule has 1 heterocycles. The van der Waals surface area contributed by atoms with E-state index < -0.39 is 0 Å². The minimum Gasteiger partial charge on any atom is -0.508 e. The van der Waals surface area contributed by atoms with Crippen LogP contribution in [-0.2, 0) is 13.1 Å². The maximum atomic E-state index is 12.9. The maximum Gasteiger partial charge on any atom is 0.304 e. The maximum absolute atomic E-state index is 12.9. The van der Waals surface area contributed by atoms with Gasteiger partial charge in [0.1, 0.15) is 11.6 Å². The Morgan fingerprint density at radius 2 is 2.24 bits per heavy atom. The summed E-state index contributed by atoms with van der Waals surface area (Å²) < 4.78 is 12.9. The molecule has 3 N–H and O–H groups in total. The first-order chi connectivity index (χ1) is 8.15. The van der Waals surface area contributed by atoms with Gasteiger partial charge in [0.15, 0.2) is 0 Å². The average Bonchev–Trinajstić information content (AvgIpc) is 2.69. The van der Waals surface area contributed by atoms with Gasteiger partial charge < -0.3 is 15.4 Å². The van der Waals surface area contributed by atoms with Crippen LogP contribution in [0.5, 0.6) is 5.75 Å². The van der Waals surface area contributed by atoms with Gasteiger partial charge in [-0.25, -0.2) is 4.39 Å². The first kappa shape index (κ1) is 11.8. The largest absolute Gasteiger partial charge is 0.508 e. The van der Waals surface area contributed by atoms with E-state index in [0.29, 0.717) is 18.7 Å². The predicted octanol–water partition coefficient (Wildman–Crippen LogP) is 1.57. The Hall–Kier alpha value is -1.66. The van der Waals surface area contributed by atoms with Crippen LogP contribution in [0.3, 0.4) is 0 Å². The lowest BCUT2D eigenvalue weighted by atomic mass is 10.2. The van der Waals surface area contributed by atoms with Crippen molar-refractivity contribution in [3.05, 3.63) is 50.3 Å². The zero-order chi connectivity index (χ0) is 12.3. The minimum atomic E-state index is -0.386. The minimum absolute atomic E-state index is 0.0534. The van der Waals surface area contributed by atoms with Gasteiger partial charge in [0.25, 0.3) is 0 Å². The number of benzene rings is 1. The monoisotopic (exact) mass is 254 g/mol. The highest BCUT2D eigenvalue weighted by Crippen LogP contribution is 2.17. The van der Waals surface area contributed by atoms with Crippen molar-refractivity contribution in [2.45, 2.75) is 13.1 Å². The van der Waals surface area contributed by atoms with Gasteiger partial charge in [-0.1, -0.05) is 11.3 Å². The molecule has 0 saturated heterocycles. The van der Waals surface area contributed by atoms with Gasteiger partial charge in [0.2, 0.25) is 0 Å². The second kappa shape index (κ2) is 5.11. The fraction of sp³-hybridized carbons (Fsp3) is 0.182. The number of aromatic amines is 1. The molecule has 0 amide bonds. The summed E-state index contributed by atoms with van der Waals surface area (Å²) in [6.07, 6.45) is 0. The molecule has 0 radical (unpaired) electrons. The van der Waals surface area contributed by atoms with Crippen LogP contribution in [0.15, 0.2) is 28.4 Å². The van der Waals surface area contributed by atoms with Crippen molar-refractivity contribution < 1.29 is 9.50 Å². The molecule has 0 aliphatic heterocycles. The lowest BCUT2D eigenvalue weighted by Gasteiger charge is -2.05. The first-order valence-corrected chi connectivity index (χ1v) is 5.88. The second-order valence-electron chi connectivity index (χ2n) is 3.55. The molecular weight excluding hydrogens is 243 g/mol. The molecule has 90 valence electrons. The van der Waals surface area contributed by atoms with Gasteiger partial charge in [0.05, 0.1) is 0 Å². The molecule has 0 bridgehead atoms. The summed E-state index contributed by atoms with van der Waals surface area (Å²) in [4.78, 5) is 13.4. The topological polar surface area (TPSA) is 65.1 Å². The molecular formula is C11H11FN2O2S. The normalized spacial score (nSPS) is 10.6. The third-order valence-corrected chi connectivity index (χ3v) is 2.96. The zero-order valence-corrected chi connectivity index (χ0v) is 9.68. The SMILES string of the molecule is O=c1[nH]c(CNCc2cc(F)ccc2O)cs1. The fourth-order valence-electron chi connectivity index (χ4n) is 1.43. The highest BCUT2D eigenvalue weighted by atomic mass is 32.1. The van der Waals surface area contributed by atoms with Crippen LogP contribution < -0.4 is 10.2 Å². The molecule has 0 saturated carbocycles. The van der Waals surface area contributed by atoms with Crippen LogP contribution in [0.1, 0.15) is 11.3 Å². The van der Waals surface area contributed by atoms with Crippen molar-refractivity contribution in [3.63, 3.8) is 0 Å². The summed E-state index contributed by atoms with van der Waals surface area (Å²) in [5.74, 6) is -0.332. The van der Waals surface area contributed by atoms with E-state index in [1.54, 1.807) is 5.38 Å². The molecule has 4 nitrogen and oxygen atoms in total. The first-order valence-electron chi connectivity index (χ1n) is 5.00. The predicted molar refractivity (Wildman–Crippen MR) is 63.5 cm³/mol. The van der Waals surface area contributed by atoms with E-state index in [2.05, 4.69) is 10.3 Å². The van der Waals surface area contributed by atoms with Gasteiger partial charge in [0, 0.05) is 29.7 Å². The third kappa shape index (κ3) is 3.15. The van der Waals surface area contributed by atoms with Crippen LogP contribution in [0.2, 0.25) is 0 Å². The van der Waals surface area contributed by atoms with E-state index in [9.17, 15) is 14.3 Å². The smallest absolute Gasteiger partial charge is 0.304 e. The summed E-state index contributed by atoms with van der Waals surface area (Å²) in [6, 6.07) is 3.80. The molecule has 2 rings (SSSR count). The third-order valence-electron chi connectivity index (χ3n) is 2.24. The Morgan fingerprint density at radius 3 is 2.94 bits per heavy atom. The van der Waals surface area contributed by atoms with Crippen LogP contribution in [0.25, 0.3) is 0 Å². The molecule has 17 heavy (non-hydrogen) atoms. The summed E-state index contributed by atoms with van der Waals surface area (Å²) in [6.45, 7) is 0.802. The molecule has 1 aromatic heterocycles. The number of hydrogen-bond acceptors (Lipinski definition) is 4. The Labute approximate surface area is 101 Å². The van der Waals surface area contributed by atoms with Gasteiger partial charge in [-0.15, -0.1) is 0 Å². The molecule has 6 heteroatoms. The number of aromatic hydroxyl groups is 1. The van der Waals surface area contributed by atoms with Crippen molar-refractivity contribution in [3.8, 4) is 5.75 Å². The van der Waals surface area contributed by atoms with E-state index in [-0.39, 0.29) is 16.4 Å². The molecule has 0 spiro atoms. The Bertz CT molecular complexity index is 565. The van der Waals surface area contributed by atoms with Gasteiger partial charge >= 0.3 is 4.87 Å². The summed E-state index contributed by atoms with van der Waals surface area (Å²) in [5.41, 5.74) is 1.26. The standard InChI is InChI=1S/C11H11FN2O2S/c12-8-1-2-10(15)7(3-8)4-13-5-9-6-17-11(16)14-9/h1-3,6,13,15H,4-5H2,(H,14,16). The number of hydrogen-bond donors (Lipinski definition) is 3. The molecule has 0 fully saturated rings. The van der Waals surface area contributed by atoms with Crippen molar-refractivity contribution in [2.75, 3.05) is 0 Å². The van der Waals surface area contributed by atoms with Gasteiger partial charge in [-0.3, -0.25) is 4.79 Å². The van der Waals surface area contributed by atoms with Gasteiger partial charge in [-0.2, -0.15) is 0 Å². The number of phenols is 1. The number of phenolic OH excluding ortho intramolecular Hbond substituents is 1. The van der Waals surface area contributed by atoms with Crippen LogP contribution in [-0.4, -0.2) is 10.1 Å². The Kier molecular flexibility index (Phi) is 3.55. The van der Waals surface area contributed by atoms with Crippen LogP contribution in [0.4, 0.5) is 4.39 Å². The molecule has 0 aliphatic carbocycles. The highest BCUT2D eigenvalue weighted by molar-refractivity contribution is 7.07. The van der Waals surface area contributed by atoms with E-state index in [1.165, 1.54) is 18.2 Å². The molecule has 0 unspecified atom stereocenters. The number of rotatable bonds is 4. The number of nitrogens with one attached hydrogen (secondary N) is 2. The number of aromatic nitrogens is 1. The molecule has 2 aromatic rings.